The van der Waals surface area contributed by atoms with Crippen LogP contribution >= 0.6 is 0 Å². The van der Waals surface area contributed by atoms with Crippen LogP contribution in [0.4, 0.5) is 5.69 Å². The molecule has 2 aromatic rings. The molecule has 144 valence electrons. The Morgan fingerprint density at radius 3 is 2.48 bits per heavy atom. The molecule has 0 bridgehead atoms. The summed E-state index contributed by atoms with van der Waals surface area (Å²) in [6.45, 7) is 3.71. The SMILES string of the molecule is Cc1c(NS(C)(=O)=O)cccc1C(=O)N[C@H](C)c1ccc2c(c1)CCCC2. The van der Waals surface area contributed by atoms with Gasteiger partial charge in [-0.3, -0.25) is 9.52 Å². The molecule has 0 aliphatic heterocycles. The zero-order chi connectivity index (χ0) is 19.6. The van der Waals surface area contributed by atoms with Gasteiger partial charge in [-0.2, -0.15) is 0 Å². The number of carbonyl (C=O) groups is 1. The Hall–Kier alpha value is -2.34. The topological polar surface area (TPSA) is 75.3 Å². The smallest absolute Gasteiger partial charge is 0.252 e. The Morgan fingerprint density at radius 2 is 1.78 bits per heavy atom. The van der Waals surface area contributed by atoms with Gasteiger partial charge in [0, 0.05) is 5.56 Å². The van der Waals surface area contributed by atoms with Crippen molar-refractivity contribution in [2.75, 3.05) is 11.0 Å². The Bertz CT molecular complexity index is 967. The minimum atomic E-state index is -3.40. The lowest BCUT2D eigenvalue weighted by molar-refractivity contribution is 0.0939. The minimum absolute atomic E-state index is 0.129. The van der Waals surface area contributed by atoms with E-state index in [1.807, 2.05) is 6.92 Å². The number of hydrogen-bond donors (Lipinski definition) is 2. The van der Waals surface area contributed by atoms with Crippen LogP contribution in [0.3, 0.4) is 0 Å². The molecule has 1 aliphatic carbocycles. The van der Waals surface area contributed by atoms with E-state index in [-0.39, 0.29) is 11.9 Å². The van der Waals surface area contributed by atoms with Crippen LogP contribution < -0.4 is 10.0 Å². The van der Waals surface area contributed by atoms with Crippen LogP contribution in [0.25, 0.3) is 0 Å². The van der Waals surface area contributed by atoms with E-state index in [0.717, 1.165) is 24.7 Å². The summed E-state index contributed by atoms with van der Waals surface area (Å²) in [4.78, 5) is 12.8. The first-order chi connectivity index (χ1) is 12.7. The van der Waals surface area contributed by atoms with Crippen molar-refractivity contribution in [2.24, 2.45) is 0 Å². The summed E-state index contributed by atoms with van der Waals surface area (Å²) in [7, 11) is -3.40. The van der Waals surface area contributed by atoms with E-state index in [1.165, 1.54) is 24.0 Å². The fraction of sp³-hybridized carbons (Fsp3) is 0.381. The second-order valence-electron chi connectivity index (χ2n) is 7.28. The summed E-state index contributed by atoms with van der Waals surface area (Å²) in [6.07, 6.45) is 5.79. The highest BCUT2D eigenvalue weighted by Crippen LogP contribution is 2.25. The van der Waals surface area contributed by atoms with E-state index in [1.54, 1.807) is 25.1 Å². The predicted octanol–water partition coefficient (Wildman–Crippen LogP) is 3.74. The predicted molar refractivity (Wildman–Crippen MR) is 109 cm³/mol. The van der Waals surface area contributed by atoms with Gasteiger partial charge in [0.05, 0.1) is 18.0 Å². The Balaban J connectivity index is 1.78. The monoisotopic (exact) mass is 386 g/mol. The number of carbonyl (C=O) groups excluding carboxylic acids is 1. The summed E-state index contributed by atoms with van der Waals surface area (Å²) >= 11 is 0. The zero-order valence-electron chi connectivity index (χ0n) is 16.0. The van der Waals surface area contributed by atoms with Crippen LogP contribution in [-0.4, -0.2) is 20.6 Å². The molecule has 6 heteroatoms. The standard InChI is InChI=1S/C21H26N2O3S/c1-14-19(9-6-10-20(14)23-27(3,25)26)21(24)22-15(2)17-12-11-16-7-4-5-8-18(16)13-17/h6,9-13,15,23H,4-5,7-8H2,1-3H3,(H,22,24)/t15-/m1/s1. The van der Waals surface area contributed by atoms with Crippen molar-refractivity contribution in [3.05, 3.63) is 64.2 Å². The van der Waals surface area contributed by atoms with Gasteiger partial charge in [-0.05, 0) is 73.9 Å². The first-order valence-corrected chi connectivity index (χ1v) is 11.1. The van der Waals surface area contributed by atoms with Gasteiger partial charge in [-0.15, -0.1) is 0 Å². The van der Waals surface area contributed by atoms with Crippen molar-refractivity contribution < 1.29 is 13.2 Å². The number of fused-ring (bicyclic) bond motifs is 1. The molecular weight excluding hydrogens is 360 g/mol. The fourth-order valence-electron chi connectivity index (χ4n) is 3.57. The van der Waals surface area contributed by atoms with Gasteiger partial charge < -0.3 is 5.32 Å². The summed E-state index contributed by atoms with van der Waals surface area (Å²) in [6, 6.07) is 11.4. The highest BCUT2D eigenvalue weighted by Gasteiger charge is 2.17. The van der Waals surface area contributed by atoms with Crippen molar-refractivity contribution in [3.8, 4) is 0 Å². The molecule has 0 unspecified atom stereocenters. The molecule has 0 saturated heterocycles. The molecule has 0 saturated carbocycles. The average molecular weight is 387 g/mol. The average Bonchev–Trinajstić information content (AvgIpc) is 2.61. The first kappa shape index (κ1) is 19.4. The fourth-order valence-corrected chi connectivity index (χ4v) is 4.19. The van der Waals surface area contributed by atoms with Crippen molar-refractivity contribution >= 4 is 21.6 Å². The molecule has 1 aliphatic rings. The van der Waals surface area contributed by atoms with Gasteiger partial charge in [0.25, 0.3) is 5.91 Å². The first-order valence-electron chi connectivity index (χ1n) is 9.24. The van der Waals surface area contributed by atoms with Crippen LogP contribution in [0.15, 0.2) is 36.4 Å². The molecule has 1 amide bonds. The van der Waals surface area contributed by atoms with Gasteiger partial charge in [-0.25, -0.2) is 8.42 Å². The highest BCUT2D eigenvalue weighted by atomic mass is 32.2. The number of benzene rings is 2. The zero-order valence-corrected chi connectivity index (χ0v) is 16.8. The van der Waals surface area contributed by atoms with E-state index < -0.39 is 10.0 Å². The molecule has 2 N–H and O–H groups in total. The van der Waals surface area contributed by atoms with Crippen molar-refractivity contribution in [1.29, 1.82) is 0 Å². The number of sulfonamides is 1. The number of aryl methyl sites for hydroxylation is 2. The molecule has 0 radical (unpaired) electrons. The third-order valence-electron chi connectivity index (χ3n) is 5.09. The molecule has 27 heavy (non-hydrogen) atoms. The molecule has 0 spiro atoms. The van der Waals surface area contributed by atoms with Crippen LogP contribution in [0.2, 0.25) is 0 Å². The number of anilines is 1. The Kier molecular flexibility index (Phi) is 5.56. The lowest BCUT2D eigenvalue weighted by Crippen LogP contribution is -2.27. The van der Waals surface area contributed by atoms with Gasteiger partial charge in [-0.1, -0.05) is 24.3 Å². The highest BCUT2D eigenvalue weighted by molar-refractivity contribution is 7.92. The minimum Gasteiger partial charge on any atom is -0.346 e. The second kappa shape index (κ2) is 7.72. The van der Waals surface area contributed by atoms with Crippen LogP contribution in [0, 0.1) is 6.92 Å². The van der Waals surface area contributed by atoms with E-state index in [2.05, 4.69) is 28.2 Å². The second-order valence-corrected chi connectivity index (χ2v) is 9.03. The molecular formula is C21H26N2O3S. The maximum absolute atomic E-state index is 12.8. The van der Waals surface area contributed by atoms with E-state index >= 15 is 0 Å². The van der Waals surface area contributed by atoms with Gasteiger partial charge in [0.2, 0.25) is 10.0 Å². The van der Waals surface area contributed by atoms with Gasteiger partial charge >= 0.3 is 0 Å². The third kappa shape index (κ3) is 4.69. The lowest BCUT2D eigenvalue weighted by atomic mass is 9.89. The molecule has 0 heterocycles. The molecule has 2 aromatic carbocycles. The molecule has 0 fully saturated rings. The van der Waals surface area contributed by atoms with Crippen molar-refractivity contribution in [1.82, 2.24) is 5.32 Å². The van der Waals surface area contributed by atoms with Crippen LogP contribution in [0.1, 0.15) is 58.4 Å². The molecule has 1 atom stereocenters. The largest absolute Gasteiger partial charge is 0.346 e. The molecule has 3 rings (SSSR count). The summed E-state index contributed by atoms with van der Waals surface area (Å²) in [5, 5.41) is 3.03. The Morgan fingerprint density at radius 1 is 1.07 bits per heavy atom. The van der Waals surface area contributed by atoms with Crippen molar-refractivity contribution in [3.63, 3.8) is 0 Å². The number of hydrogen-bond acceptors (Lipinski definition) is 3. The molecule has 5 nitrogen and oxygen atoms in total. The molecule has 0 aromatic heterocycles. The van der Waals surface area contributed by atoms with Gasteiger partial charge in [0.1, 0.15) is 0 Å². The van der Waals surface area contributed by atoms with Crippen LogP contribution in [0.5, 0.6) is 0 Å². The van der Waals surface area contributed by atoms with E-state index in [4.69, 9.17) is 0 Å². The van der Waals surface area contributed by atoms with Crippen LogP contribution in [-0.2, 0) is 22.9 Å². The van der Waals surface area contributed by atoms with Gasteiger partial charge in [0.15, 0.2) is 0 Å². The maximum atomic E-state index is 12.8. The van der Waals surface area contributed by atoms with E-state index in [0.29, 0.717) is 16.8 Å². The lowest BCUT2D eigenvalue weighted by Gasteiger charge is -2.20. The maximum Gasteiger partial charge on any atom is 0.252 e. The quantitative estimate of drug-likeness (QED) is 0.822. The normalized spacial score (nSPS) is 14.9. The Labute approximate surface area is 161 Å². The summed E-state index contributed by atoms with van der Waals surface area (Å²) < 4.78 is 25.5. The number of rotatable bonds is 5. The number of amides is 1. The third-order valence-corrected chi connectivity index (χ3v) is 5.68. The van der Waals surface area contributed by atoms with E-state index in [9.17, 15) is 13.2 Å². The number of nitrogens with one attached hydrogen (secondary N) is 2. The van der Waals surface area contributed by atoms with Crippen molar-refractivity contribution in [2.45, 2.75) is 45.6 Å². The summed E-state index contributed by atoms with van der Waals surface area (Å²) in [5.74, 6) is -0.213. The summed E-state index contributed by atoms with van der Waals surface area (Å²) in [5.41, 5.74) is 5.39.